The molecule has 1 heterocycles. The number of nitrogens with two attached hydrogens (primary N) is 1. The Balaban J connectivity index is 2.27. The molecule has 2 rings (SSSR count). The zero-order valence-electron chi connectivity index (χ0n) is 10.5. The molecule has 3 N–H and O–H groups in total. The fourth-order valence-electron chi connectivity index (χ4n) is 1.60. The summed E-state index contributed by atoms with van der Waals surface area (Å²) in [4.78, 5) is 0.00592. The van der Waals surface area contributed by atoms with Crippen LogP contribution in [0.3, 0.4) is 0 Å². The normalized spacial score (nSPS) is 11.8. The van der Waals surface area contributed by atoms with Gasteiger partial charge in [0.1, 0.15) is 0 Å². The predicted octanol–water partition coefficient (Wildman–Crippen LogP) is 1.90. The van der Waals surface area contributed by atoms with Crippen LogP contribution < -0.4 is 10.5 Å². The first-order valence-corrected chi connectivity index (χ1v) is 8.17. The van der Waals surface area contributed by atoms with E-state index in [1.165, 1.54) is 12.1 Å². The van der Waals surface area contributed by atoms with Gasteiger partial charge in [0.15, 0.2) is 0 Å². The molecule has 1 aromatic carbocycles. The number of nitrogens with one attached hydrogen (secondary N) is 1. The lowest BCUT2D eigenvalue weighted by Crippen LogP contribution is -2.23. The molecule has 2 aromatic rings. The van der Waals surface area contributed by atoms with Crippen LogP contribution in [0.15, 0.2) is 33.9 Å². The third-order valence-electron chi connectivity index (χ3n) is 2.55. The minimum Gasteiger partial charge on any atom is -0.398 e. The SMILES string of the molecule is Cn1cc(CNS(=O)(=O)c2cc(Cl)cc(N)c2Br)cn1. The summed E-state index contributed by atoms with van der Waals surface area (Å²) in [6, 6.07) is 2.82. The Labute approximate surface area is 130 Å². The molecule has 0 atom stereocenters. The number of anilines is 1. The van der Waals surface area contributed by atoms with Gasteiger partial charge in [-0.1, -0.05) is 11.6 Å². The number of hydrogen-bond acceptors (Lipinski definition) is 4. The maximum Gasteiger partial charge on any atom is 0.242 e. The van der Waals surface area contributed by atoms with Gasteiger partial charge >= 0.3 is 0 Å². The standard InChI is InChI=1S/C11H12BrClN4O2S/c1-17-6-7(4-15-17)5-16-20(18,19)10-3-8(13)2-9(14)11(10)12/h2-4,6,16H,5,14H2,1H3. The summed E-state index contributed by atoms with van der Waals surface area (Å²) in [5.74, 6) is 0. The van der Waals surface area contributed by atoms with Crippen LogP contribution in [-0.4, -0.2) is 18.2 Å². The Morgan fingerprint density at radius 1 is 1.50 bits per heavy atom. The molecule has 6 nitrogen and oxygen atoms in total. The minimum absolute atomic E-state index is 0.00592. The van der Waals surface area contributed by atoms with Crippen LogP contribution >= 0.6 is 27.5 Å². The molecular weight excluding hydrogens is 368 g/mol. The first-order chi connectivity index (χ1) is 9.29. The van der Waals surface area contributed by atoms with Crippen molar-refractivity contribution < 1.29 is 8.42 Å². The molecule has 0 radical (unpaired) electrons. The van der Waals surface area contributed by atoms with Crippen molar-refractivity contribution in [3.8, 4) is 0 Å². The Bertz CT molecular complexity index is 745. The molecule has 0 unspecified atom stereocenters. The van der Waals surface area contributed by atoms with E-state index in [2.05, 4.69) is 25.8 Å². The van der Waals surface area contributed by atoms with Crippen LogP contribution in [0.2, 0.25) is 5.02 Å². The van der Waals surface area contributed by atoms with Crippen molar-refractivity contribution >= 4 is 43.2 Å². The van der Waals surface area contributed by atoms with Crippen LogP contribution in [0.1, 0.15) is 5.56 Å². The van der Waals surface area contributed by atoms with Gasteiger partial charge < -0.3 is 5.73 Å². The number of aryl methyl sites for hydroxylation is 1. The molecule has 1 aromatic heterocycles. The van der Waals surface area contributed by atoms with Gasteiger partial charge in [-0.05, 0) is 28.1 Å². The maximum atomic E-state index is 12.3. The second kappa shape index (κ2) is 5.72. The zero-order chi connectivity index (χ0) is 14.9. The number of hydrogen-bond donors (Lipinski definition) is 2. The van der Waals surface area contributed by atoms with E-state index in [-0.39, 0.29) is 22.2 Å². The Morgan fingerprint density at radius 2 is 2.20 bits per heavy atom. The van der Waals surface area contributed by atoms with Gasteiger partial charge in [-0.3, -0.25) is 4.68 Å². The van der Waals surface area contributed by atoms with Crippen LogP contribution in [0.25, 0.3) is 0 Å². The predicted molar refractivity (Wildman–Crippen MR) is 80.8 cm³/mol. The molecule has 0 spiro atoms. The fourth-order valence-corrected chi connectivity index (χ4v) is 3.91. The van der Waals surface area contributed by atoms with Crippen molar-refractivity contribution in [2.75, 3.05) is 5.73 Å². The van der Waals surface area contributed by atoms with Gasteiger partial charge in [-0.2, -0.15) is 5.10 Å². The summed E-state index contributed by atoms with van der Waals surface area (Å²) in [5.41, 5.74) is 6.71. The summed E-state index contributed by atoms with van der Waals surface area (Å²) < 4.78 is 28.9. The highest BCUT2D eigenvalue weighted by Crippen LogP contribution is 2.31. The van der Waals surface area contributed by atoms with Crippen molar-refractivity contribution in [1.29, 1.82) is 0 Å². The van der Waals surface area contributed by atoms with Crippen molar-refractivity contribution in [3.63, 3.8) is 0 Å². The van der Waals surface area contributed by atoms with Gasteiger partial charge in [0.05, 0.1) is 15.6 Å². The lowest BCUT2D eigenvalue weighted by Gasteiger charge is -2.10. The first kappa shape index (κ1) is 15.3. The summed E-state index contributed by atoms with van der Waals surface area (Å²) in [6.45, 7) is 0.134. The van der Waals surface area contributed by atoms with E-state index >= 15 is 0 Å². The smallest absolute Gasteiger partial charge is 0.242 e. The lowest BCUT2D eigenvalue weighted by molar-refractivity contribution is 0.581. The van der Waals surface area contributed by atoms with Gasteiger partial charge in [-0.15, -0.1) is 0 Å². The van der Waals surface area contributed by atoms with Crippen molar-refractivity contribution in [3.05, 3.63) is 39.6 Å². The molecule has 0 fully saturated rings. The molecule has 0 saturated carbocycles. The quantitative estimate of drug-likeness (QED) is 0.794. The summed E-state index contributed by atoms with van der Waals surface area (Å²) in [6.07, 6.45) is 3.31. The summed E-state index contributed by atoms with van der Waals surface area (Å²) >= 11 is 9.00. The molecule has 0 amide bonds. The molecule has 9 heteroatoms. The second-order valence-corrected chi connectivity index (χ2v) is 7.12. The molecule has 0 aliphatic heterocycles. The Morgan fingerprint density at radius 3 is 2.80 bits per heavy atom. The third-order valence-corrected chi connectivity index (χ3v) is 5.34. The molecule has 108 valence electrons. The number of benzene rings is 1. The van der Waals surface area contributed by atoms with Crippen molar-refractivity contribution in [1.82, 2.24) is 14.5 Å². The third kappa shape index (κ3) is 3.32. The average Bonchev–Trinajstić information content (AvgIpc) is 2.77. The van der Waals surface area contributed by atoms with E-state index in [0.29, 0.717) is 4.47 Å². The molecular formula is C11H12BrClN4O2S. The van der Waals surface area contributed by atoms with E-state index in [4.69, 9.17) is 17.3 Å². The molecule has 0 saturated heterocycles. The largest absolute Gasteiger partial charge is 0.398 e. The molecule has 0 aliphatic carbocycles. The van der Waals surface area contributed by atoms with E-state index < -0.39 is 10.0 Å². The van der Waals surface area contributed by atoms with Gasteiger partial charge in [-0.25, -0.2) is 13.1 Å². The Kier molecular flexibility index (Phi) is 4.38. The van der Waals surface area contributed by atoms with Gasteiger partial charge in [0.25, 0.3) is 0 Å². The minimum atomic E-state index is -3.72. The van der Waals surface area contributed by atoms with E-state index in [0.717, 1.165) is 5.56 Å². The highest BCUT2D eigenvalue weighted by molar-refractivity contribution is 9.10. The van der Waals surface area contributed by atoms with E-state index in [1.807, 2.05) is 0 Å². The number of halogens is 2. The highest BCUT2D eigenvalue weighted by atomic mass is 79.9. The summed E-state index contributed by atoms with van der Waals surface area (Å²) in [7, 11) is -1.97. The Hall–Kier alpha value is -1.09. The monoisotopic (exact) mass is 378 g/mol. The molecule has 0 bridgehead atoms. The number of nitrogen functional groups attached to an aromatic ring is 1. The molecule has 20 heavy (non-hydrogen) atoms. The number of rotatable bonds is 4. The van der Waals surface area contributed by atoms with Crippen molar-refractivity contribution in [2.45, 2.75) is 11.4 Å². The first-order valence-electron chi connectivity index (χ1n) is 5.51. The maximum absolute atomic E-state index is 12.3. The summed E-state index contributed by atoms with van der Waals surface area (Å²) in [5, 5.41) is 4.22. The zero-order valence-corrected chi connectivity index (χ0v) is 13.6. The number of nitrogens with zero attached hydrogens (tertiary/aromatic N) is 2. The van der Waals surface area contributed by atoms with E-state index in [9.17, 15) is 8.42 Å². The lowest BCUT2D eigenvalue weighted by atomic mass is 10.3. The van der Waals surface area contributed by atoms with Crippen LogP contribution in [0.5, 0.6) is 0 Å². The fraction of sp³-hybridized carbons (Fsp3) is 0.182. The van der Waals surface area contributed by atoms with Crippen LogP contribution in [0.4, 0.5) is 5.69 Å². The second-order valence-electron chi connectivity index (χ2n) is 4.15. The number of aromatic nitrogens is 2. The van der Waals surface area contributed by atoms with Crippen molar-refractivity contribution in [2.24, 2.45) is 7.05 Å². The van der Waals surface area contributed by atoms with E-state index in [1.54, 1.807) is 24.1 Å². The topological polar surface area (TPSA) is 90.0 Å². The number of sulfonamides is 1. The van der Waals surface area contributed by atoms with Gasteiger partial charge in [0.2, 0.25) is 10.0 Å². The van der Waals surface area contributed by atoms with Crippen LogP contribution in [-0.2, 0) is 23.6 Å². The van der Waals surface area contributed by atoms with Gasteiger partial charge in [0, 0.05) is 36.1 Å². The average molecular weight is 380 g/mol. The molecule has 0 aliphatic rings. The highest BCUT2D eigenvalue weighted by Gasteiger charge is 2.20. The van der Waals surface area contributed by atoms with Crippen LogP contribution in [0, 0.1) is 0 Å².